The SMILES string of the molecule is CCc1onc(C)c1C(=O)N1CCC(c2nc(N(C)C)no2)CC1. The van der Waals surface area contributed by atoms with E-state index in [0.717, 1.165) is 12.8 Å². The number of nitrogens with zero attached hydrogens (tertiary/aromatic N) is 5. The molecule has 0 aromatic carbocycles. The van der Waals surface area contributed by atoms with Gasteiger partial charge in [-0.15, -0.1) is 0 Å². The second-order valence-corrected chi connectivity index (χ2v) is 6.31. The molecule has 3 rings (SSSR count). The van der Waals surface area contributed by atoms with Gasteiger partial charge in [0.15, 0.2) is 0 Å². The van der Waals surface area contributed by atoms with Crippen molar-refractivity contribution in [3.8, 4) is 0 Å². The zero-order valence-corrected chi connectivity index (χ0v) is 14.6. The van der Waals surface area contributed by atoms with Gasteiger partial charge in [0.05, 0.1) is 5.69 Å². The fourth-order valence-electron chi connectivity index (χ4n) is 2.99. The summed E-state index contributed by atoms with van der Waals surface area (Å²) in [7, 11) is 3.75. The van der Waals surface area contributed by atoms with Crippen LogP contribution in [-0.2, 0) is 6.42 Å². The molecule has 0 saturated carbocycles. The molecule has 1 saturated heterocycles. The number of aromatic nitrogens is 3. The zero-order valence-electron chi connectivity index (χ0n) is 14.6. The molecule has 24 heavy (non-hydrogen) atoms. The summed E-state index contributed by atoms with van der Waals surface area (Å²) in [5.74, 6) is 2.09. The lowest BCUT2D eigenvalue weighted by Gasteiger charge is -2.30. The maximum atomic E-state index is 12.8. The molecule has 2 aromatic rings. The Morgan fingerprint density at radius 3 is 2.54 bits per heavy atom. The number of rotatable bonds is 4. The fraction of sp³-hybridized carbons (Fsp3) is 0.625. The predicted octanol–water partition coefficient (Wildman–Crippen LogP) is 2.01. The van der Waals surface area contributed by atoms with E-state index in [9.17, 15) is 4.79 Å². The Bertz CT molecular complexity index is 713. The lowest BCUT2D eigenvalue weighted by Crippen LogP contribution is -2.38. The highest BCUT2D eigenvalue weighted by Crippen LogP contribution is 2.29. The highest BCUT2D eigenvalue weighted by Gasteiger charge is 2.30. The van der Waals surface area contributed by atoms with E-state index in [0.29, 0.717) is 48.4 Å². The first kappa shape index (κ1) is 16.5. The lowest BCUT2D eigenvalue weighted by molar-refractivity contribution is 0.0701. The minimum Gasteiger partial charge on any atom is -0.360 e. The standard InChI is InChI=1S/C16H23N5O3/c1-5-12-13(10(2)18-23-12)15(22)21-8-6-11(7-9-21)14-17-16(19-24-14)20(3)4/h11H,5-9H2,1-4H3. The molecule has 8 nitrogen and oxygen atoms in total. The number of carbonyl (C=O) groups excluding carboxylic acids is 1. The summed E-state index contributed by atoms with van der Waals surface area (Å²) >= 11 is 0. The molecular weight excluding hydrogens is 310 g/mol. The van der Waals surface area contributed by atoms with Crippen molar-refractivity contribution in [2.45, 2.75) is 39.0 Å². The second-order valence-electron chi connectivity index (χ2n) is 6.31. The van der Waals surface area contributed by atoms with Crippen LogP contribution in [0.2, 0.25) is 0 Å². The molecule has 0 aliphatic carbocycles. The van der Waals surface area contributed by atoms with E-state index in [2.05, 4.69) is 15.3 Å². The van der Waals surface area contributed by atoms with Crippen molar-refractivity contribution >= 4 is 11.9 Å². The predicted molar refractivity (Wildman–Crippen MR) is 87.1 cm³/mol. The third-order valence-corrected chi connectivity index (χ3v) is 4.43. The first-order valence-electron chi connectivity index (χ1n) is 8.26. The molecule has 1 aliphatic rings. The van der Waals surface area contributed by atoms with Gasteiger partial charge in [-0.2, -0.15) is 4.98 Å². The zero-order chi connectivity index (χ0) is 17.3. The Morgan fingerprint density at radius 1 is 1.25 bits per heavy atom. The van der Waals surface area contributed by atoms with E-state index in [1.165, 1.54) is 0 Å². The Morgan fingerprint density at radius 2 is 1.96 bits per heavy atom. The third-order valence-electron chi connectivity index (χ3n) is 4.43. The van der Waals surface area contributed by atoms with Gasteiger partial charge in [-0.1, -0.05) is 12.1 Å². The van der Waals surface area contributed by atoms with Gasteiger partial charge in [0.25, 0.3) is 11.9 Å². The first-order valence-corrected chi connectivity index (χ1v) is 8.26. The maximum absolute atomic E-state index is 12.8. The quantitative estimate of drug-likeness (QED) is 0.845. The summed E-state index contributed by atoms with van der Waals surface area (Å²) in [6, 6.07) is 0. The van der Waals surface area contributed by atoms with Crippen molar-refractivity contribution < 1.29 is 13.8 Å². The van der Waals surface area contributed by atoms with Gasteiger partial charge in [-0.25, -0.2) is 0 Å². The third kappa shape index (κ3) is 3.00. The molecule has 0 atom stereocenters. The average molecular weight is 333 g/mol. The van der Waals surface area contributed by atoms with Crippen molar-refractivity contribution in [2.75, 3.05) is 32.1 Å². The highest BCUT2D eigenvalue weighted by molar-refractivity contribution is 5.96. The largest absolute Gasteiger partial charge is 0.360 e. The second kappa shape index (κ2) is 6.62. The summed E-state index contributed by atoms with van der Waals surface area (Å²) < 4.78 is 10.6. The minimum absolute atomic E-state index is 0.00330. The molecular formula is C16H23N5O3. The molecule has 0 unspecified atom stereocenters. The van der Waals surface area contributed by atoms with Crippen LogP contribution in [0.3, 0.4) is 0 Å². The highest BCUT2D eigenvalue weighted by atomic mass is 16.5. The molecule has 0 N–H and O–H groups in total. The maximum Gasteiger partial charge on any atom is 0.265 e. The molecule has 2 aromatic heterocycles. The number of anilines is 1. The van der Waals surface area contributed by atoms with Crippen molar-refractivity contribution in [1.29, 1.82) is 0 Å². The van der Waals surface area contributed by atoms with E-state index < -0.39 is 0 Å². The smallest absolute Gasteiger partial charge is 0.265 e. The summed E-state index contributed by atoms with van der Waals surface area (Å²) in [6.45, 7) is 5.10. The van der Waals surface area contributed by atoms with Gasteiger partial charge in [0.2, 0.25) is 5.89 Å². The molecule has 3 heterocycles. The Balaban J connectivity index is 1.66. The first-order chi connectivity index (χ1) is 11.5. The van der Waals surface area contributed by atoms with Crippen molar-refractivity contribution in [2.24, 2.45) is 0 Å². The van der Waals surface area contributed by atoms with E-state index in [-0.39, 0.29) is 11.8 Å². The number of aryl methyl sites for hydroxylation is 2. The van der Waals surface area contributed by atoms with Crippen LogP contribution in [0.4, 0.5) is 5.95 Å². The molecule has 130 valence electrons. The van der Waals surface area contributed by atoms with Gasteiger partial charge in [-0.05, 0) is 24.9 Å². The van der Waals surface area contributed by atoms with Gasteiger partial charge in [-0.3, -0.25) is 4.79 Å². The van der Waals surface area contributed by atoms with Crippen LogP contribution in [0, 0.1) is 6.92 Å². The van der Waals surface area contributed by atoms with Gasteiger partial charge in [0.1, 0.15) is 11.3 Å². The molecule has 0 radical (unpaired) electrons. The van der Waals surface area contributed by atoms with Crippen LogP contribution < -0.4 is 4.90 Å². The summed E-state index contributed by atoms with van der Waals surface area (Å²) in [4.78, 5) is 20.9. The number of hydrogen-bond donors (Lipinski definition) is 0. The minimum atomic E-state index is 0.00330. The van der Waals surface area contributed by atoms with Crippen LogP contribution in [0.15, 0.2) is 9.05 Å². The Labute approximate surface area is 140 Å². The van der Waals surface area contributed by atoms with E-state index >= 15 is 0 Å². The molecule has 8 heteroatoms. The van der Waals surface area contributed by atoms with Gasteiger partial charge < -0.3 is 18.8 Å². The van der Waals surface area contributed by atoms with E-state index in [1.807, 2.05) is 37.7 Å². The molecule has 0 bridgehead atoms. The lowest BCUT2D eigenvalue weighted by atomic mass is 9.96. The molecule has 1 amide bonds. The summed E-state index contributed by atoms with van der Waals surface area (Å²) in [5.41, 5.74) is 1.27. The summed E-state index contributed by atoms with van der Waals surface area (Å²) in [5, 5.41) is 7.88. The van der Waals surface area contributed by atoms with E-state index in [1.54, 1.807) is 0 Å². The normalized spacial score (nSPS) is 15.8. The van der Waals surface area contributed by atoms with Gasteiger partial charge >= 0.3 is 0 Å². The van der Waals surface area contributed by atoms with Crippen molar-refractivity contribution in [1.82, 2.24) is 20.2 Å². The van der Waals surface area contributed by atoms with Crippen molar-refractivity contribution in [3.05, 3.63) is 22.9 Å². The van der Waals surface area contributed by atoms with Crippen LogP contribution in [-0.4, -0.2) is 53.3 Å². The number of amides is 1. The van der Waals surface area contributed by atoms with Gasteiger partial charge in [0, 0.05) is 39.5 Å². The summed E-state index contributed by atoms with van der Waals surface area (Å²) in [6.07, 6.45) is 2.28. The number of likely N-dealkylation sites (tertiary alicyclic amines) is 1. The van der Waals surface area contributed by atoms with Crippen molar-refractivity contribution in [3.63, 3.8) is 0 Å². The average Bonchev–Trinajstić information content (AvgIpc) is 3.21. The number of hydrogen-bond acceptors (Lipinski definition) is 7. The molecule has 1 aliphatic heterocycles. The van der Waals surface area contributed by atoms with Crippen LogP contribution in [0.5, 0.6) is 0 Å². The molecule has 0 spiro atoms. The van der Waals surface area contributed by atoms with Crippen LogP contribution >= 0.6 is 0 Å². The number of carbonyl (C=O) groups is 1. The topological polar surface area (TPSA) is 88.5 Å². The van der Waals surface area contributed by atoms with Crippen LogP contribution in [0.1, 0.15) is 53.4 Å². The molecule has 1 fully saturated rings. The number of piperidine rings is 1. The Kier molecular flexibility index (Phi) is 4.55. The Hall–Kier alpha value is -2.38. The monoisotopic (exact) mass is 333 g/mol. The van der Waals surface area contributed by atoms with E-state index in [4.69, 9.17) is 9.05 Å². The van der Waals surface area contributed by atoms with Crippen LogP contribution in [0.25, 0.3) is 0 Å². The fourth-order valence-corrected chi connectivity index (χ4v) is 2.99.